The largest absolute Gasteiger partial charge is 0.507 e. The number of rotatable bonds is 9. The van der Waals surface area contributed by atoms with Crippen LogP contribution in [0.3, 0.4) is 0 Å². The van der Waals surface area contributed by atoms with Gasteiger partial charge in [0.1, 0.15) is 5.75 Å². The maximum absolute atomic E-state index is 11.0. The molecule has 1 N–H and O–H groups in total. The molecular formula is C37H60O. The van der Waals surface area contributed by atoms with Crippen molar-refractivity contribution >= 4 is 0 Å². The number of benzene rings is 2. The minimum Gasteiger partial charge on any atom is -0.507 e. The summed E-state index contributed by atoms with van der Waals surface area (Å²) in [4.78, 5) is 0. The first-order valence-electron chi connectivity index (χ1n) is 15.2. The van der Waals surface area contributed by atoms with Crippen LogP contribution in [0.2, 0.25) is 0 Å². The van der Waals surface area contributed by atoms with Crippen LogP contribution in [0, 0.1) is 6.92 Å². The molecule has 0 aromatic heterocycles. The standard InChI is InChI=1S/C37H60O/c1-26-29(34(2,3)4)22-27(23-30(26)35(5,6)7)20-18-16-14-15-17-19-21-28-24-31(36(8,9)10)33(38)32(25-28)37(11,12)13/h22-25,38H,14-21H2,1-13H3. The minimum absolute atomic E-state index is 0.0567. The number of phenols is 1. The van der Waals surface area contributed by atoms with E-state index < -0.39 is 0 Å². The molecule has 0 aliphatic carbocycles. The maximum Gasteiger partial charge on any atom is 0.123 e. The van der Waals surface area contributed by atoms with Gasteiger partial charge in [-0.05, 0) is 93.2 Å². The van der Waals surface area contributed by atoms with Gasteiger partial charge < -0.3 is 5.11 Å². The minimum atomic E-state index is -0.0567. The molecule has 0 atom stereocenters. The molecule has 2 aromatic carbocycles. The molecule has 2 rings (SSSR count). The first kappa shape index (κ1) is 32.5. The Morgan fingerprint density at radius 1 is 0.447 bits per heavy atom. The molecule has 0 heterocycles. The average molecular weight is 521 g/mol. The Morgan fingerprint density at radius 3 is 1.00 bits per heavy atom. The lowest BCUT2D eigenvalue weighted by Gasteiger charge is -2.30. The van der Waals surface area contributed by atoms with Gasteiger partial charge in [0.05, 0.1) is 0 Å². The molecule has 2 aromatic rings. The molecule has 38 heavy (non-hydrogen) atoms. The van der Waals surface area contributed by atoms with Gasteiger partial charge in [-0.25, -0.2) is 0 Å². The van der Waals surface area contributed by atoms with E-state index >= 15 is 0 Å². The van der Waals surface area contributed by atoms with E-state index in [0.29, 0.717) is 5.75 Å². The summed E-state index contributed by atoms with van der Waals surface area (Å²) in [7, 11) is 0. The number of aryl methyl sites for hydroxylation is 2. The van der Waals surface area contributed by atoms with Crippen molar-refractivity contribution in [3.63, 3.8) is 0 Å². The van der Waals surface area contributed by atoms with Gasteiger partial charge in [0.2, 0.25) is 0 Å². The first-order valence-corrected chi connectivity index (χ1v) is 15.2. The van der Waals surface area contributed by atoms with Gasteiger partial charge in [-0.2, -0.15) is 0 Å². The van der Waals surface area contributed by atoms with Gasteiger partial charge in [0.25, 0.3) is 0 Å². The fraction of sp³-hybridized carbons (Fsp3) is 0.676. The van der Waals surface area contributed by atoms with Crippen molar-refractivity contribution in [3.05, 3.63) is 63.2 Å². The highest BCUT2D eigenvalue weighted by molar-refractivity contribution is 5.50. The molecule has 1 heteroatoms. The zero-order valence-electron chi connectivity index (χ0n) is 27.4. The molecule has 0 unspecified atom stereocenters. The van der Waals surface area contributed by atoms with Crippen molar-refractivity contribution in [1.82, 2.24) is 0 Å². The zero-order valence-corrected chi connectivity index (χ0v) is 27.4. The summed E-state index contributed by atoms with van der Waals surface area (Å²) in [6.07, 6.45) is 10.0. The third kappa shape index (κ3) is 8.89. The quantitative estimate of drug-likeness (QED) is 0.326. The van der Waals surface area contributed by atoms with E-state index in [1.807, 2.05) is 0 Å². The van der Waals surface area contributed by atoms with Crippen LogP contribution < -0.4 is 0 Å². The van der Waals surface area contributed by atoms with Crippen molar-refractivity contribution in [1.29, 1.82) is 0 Å². The number of hydrogen-bond acceptors (Lipinski definition) is 1. The average Bonchev–Trinajstić information content (AvgIpc) is 2.74. The van der Waals surface area contributed by atoms with Gasteiger partial charge in [-0.15, -0.1) is 0 Å². The van der Waals surface area contributed by atoms with Crippen LogP contribution in [0.5, 0.6) is 5.75 Å². The summed E-state index contributed by atoms with van der Waals surface area (Å²) in [5.74, 6) is 0.492. The van der Waals surface area contributed by atoms with E-state index in [1.165, 1.54) is 72.8 Å². The van der Waals surface area contributed by atoms with E-state index in [0.717, 1.165) is 17.5 Å². The van der Waals surface area contributed by atoms with Gasteiger partial charge in [-0.1, -0.05) is 133 Å². The summed E-state index contributed by atoms with van der Waals surface area (Å²) in [6.45, 7) is 29.6. The van der Waals surface area contributed by atoms with Gasteiger partial charge in [0.15, 0.2) is 0 Å². The van der Waals surface area contributed by atoms with Crippen molar-refractivity contribution in [2.24, 2.45) is 0 Å². The third-order valence-corrected chi connectivity index (χ3v) is 8.05. The molecule has 0 radical (unpaired) electrons. The van der Waals surface area contributed by atoms with Gasteiger partial charge >= 0.3 is 0 Å². The van der Waals surface area contributed by atoms with Crippen molar-refractivity contribution in [3.8, 4) is 5.75 Å². The maximum atomic E-state index is 11.0. The summed E-state index contributed by atoms with van der Waals surface area (Å²) in [6, 6.07) is 9.48. The Kier molecular flexibility index (Phi) is 10.4. The monoisotopic (exact) mass is 520 g/mol. The fourth-order valence-corrected chi connectivity index (χ4v) is 5.82. The highest BCUT2D eigenvalue weighted by atomic mass is 16.3. The molecule has 214 valence electrons. The van der Waals surface area contributed by atoms with E-state index in [2.05, 4.69) is 114 Å². The lowest BCUT2D eigenvalue weighted by molar-refractivity contribution is 0.422. The molecule has 0 fully saturated rings. The van der Waals surface area contributed by atoms with Crippen molar-refractivity contribution in [2.75, 3.05) is 0 Å². The van der Waals surface area contributed by atoms with Crippen LogP contribution in [0.1, 0.15) is 161 Å². The summed E-state index contributed by atoms with van der Waals surface area (Å²) >= 11 is 0. The van der Waals surface area contributed by atoms with Crippen molar-refractivity contribution < 1.29 is 5.11 Å². The number of phenolic OH excluding ortho intramolecular Hbond substituents is 1. The van der Waals surface area contributed by atoms with Gasteiger partial charge in [-0.3, -0.25) is 0 Å². The number of aromatic hydroxyl groups is 1. The lowest BCUT2D eigenvalue weighted by atomic mass is 9.75. The number of hydrogen-bond donors (Lipinski definition) is 1. The molecule has 0 saturated heterocycles. The summed E-state index contributed by atoms with van der Waals surface area (Å²) in [5, 5.41) is 11.0. The van der Waals surface area contributed by atoms with E-state index in [9.17, 15) is 5.11 Å². The Labute approximate surface area is 236 Å². The second-order valence-electron chi connectivity index (χ2n) is 16.0. The molecule has 0 bridgehead atoms. The zero-order chi connectivity index (χ0) is 29.1. The third-order valence-electron chi connectivity index (χ3n) is 8.05. The predicted octanol–water partition coefficient (Wildman–Crippen LogP) is 11.0. The first-order chi connectivity index (χ1) is 17.2. The number of unbranched alkanes of at least 4 members (excludes halogenated alkanes) is 5. The topological polar surface area (TPSA) is 20.2 Å². The van der Waals surface area contributed by atoms with Crippen LogP contribution >= 0.6 is 0 Å². The molecule has 0 amide bonds. The Balaban J connectivity index is 1.91. The molecule has 0 aliphatic rings. The SMILES string of the molecule is Cc1c(C(C)(C)C)cc(CCCCCCCCc2cc(C(C)(C)C)c(O)c(C(C)(C)C)c2)cc1C(C)(C)C. The lowest BCUT2D eigenvalue weighted by Crippen LogP contribution is -2.20. The van der Waals surface area contributed by atoms with E-state index in [1.54, 1.807) is 0 Å². The summed E-state index contributed by atoms with van der Waals surface area (Å²) in [5.41, 5.74) is 9.81. The highest BCUT2D eigenvalue weighted by Crippen LogP contribution is 2.40. The predicted molar refractivity (Wildman–Crippen MR) is 169 cm³/mol. The molecule has 0 saturated carbocycles. The highest BCUT2D eigenvalue weighted by Gasteiger charge is 2.27. The van der Waals surface area contributed by atoms with Crippen LogP contribution in [-0.2, 0) is 34.5 Å². The van der Waals surface area contributed by atoms with Gasteiger partial charge in [0, 0.05) is 0 Å². The Bertz CT molecular complexity index is 900. The smallest absolute Gasteiger partial charge is 0.123 e. The molecule has 1 nitrogen and oxygen atoms in total. The van der Waals surface area contributed by atoms with Crippen LogP contribution in [0.15, 0.2) is 24.3 Å². The molecule has 0 spiro atoms. The van der Waals surface area contributed by atoms with E-state index in [-0.39, 0.29) is 21.7 Å². The van der Waals surface area contributed by atoms with Crippen LogP contribution in [0.25, 0.3) is 0 Å². The van der Waals surface area contributed by atoms with Crippen LogP contribution in [-0.4, -0.2) is 5.11 Å². The normalized spacial score (nSPS) is 13.3. The van der Waals surface area contributed by atoms with Crippen molar-refractivity contribution in [2.45, 2.75) is 163 Å². The molecule has 0 aliphatic heterocycles. The second kappa shape index (κ2) is 12.2. The molecular weight excluding hydrogens is 460 g/mol. The van der Waals surface area contributed by atoms with E-state index in [4.69, 9.17) is 0 Å². The Morgan fingerprint density at radius 2 is 0.711 bits per heavy atom. The second-order valence-corrected chi connectivity index (χ2v) is 16.0. The van der Waals surface area contributed by atoms with Crippen LogP contribution in [0.4, 0.5) is 0 Å². The Hall–Kier alpha value is -1.76. The summed E-state index contributed by atoms with van der Waals surface area (Å²) < 4.78 is 0. The fourth-order valence-electron chi connectivity index (χ4n) is 5.82.